The molecule has 0 aromatic carbocycles. The Labute approximate surface area is 211 Å². The van der Waals surface area contributed by atoms with Gasteiger partial charge in [-0.15, -0.1) is 0 Å². The predicted octanol–water partition coefficient (Wildman–Crippen LogP) is 5.29. The van der Waals surface area contributed by atoms with Crippen LogP contribution < -0.4 is 10.2 Å². The van der Waals surface area contributed by atoms with Crippen LogP contribution in [0, 0.1) is 0 Å². The van der Waals surface area contributed by atoms with E-state index in [1.807, 2.05) is 24.8 Å². The average molecular weight is 483 g/mol. The second-order valence-corrected chi connectivity index (χ2v) is 11.0. The van der Waals surface area contributed by atoms with Gasteiger partial charge in [0.1, 0.15) is 11.5 Å². The molecule has 6 heterocycles. The smallest absolute Gasteiger partial charge is 0.230 e. The molecule has 2 aliphatic heterocycles. The zero-order valence-corrected chi connectivity index (χ0v) is 21.1. The number of aromatic nitrogens is 5. The van der Waals surface area contributed by atoms with Gasteiger partial charge in [-0.1, -0.05) is 12.8 Å². The van der Waals surface area contributed by atoms with Crippen LogP contribution in [0.3, 0.4) is 0 Å². The van der Waals surface area contributed by atoms with Crippen LogP contribution in [0.5, 0.6) is 0 Å². The van der Waals surface area contributed by atoms with Crippen molar-refractivity contribution in [3.05, 3.63) is 43.0 Å². The fraction of sp³-hybridized carbons (Fsp3) is 0.500. The summed E-state index contributed by atoms with van der Waals surface area (Å²) in [4.78, 5) is 23.8. The average Bonchev–Trinajstić information content (AvgIpc) is 3.59. The molecule has 0 amide bonds. The molecule has 0 spiro atoms. The first-order valence-electron chi connectivity index (χ1n) is 13.4. The van der Waals surface area contributed by atoms with Gasteiger partial charge in [-0.25, -0.2) is 9.97 Å². The largest absolute Gasteiger partial charge is 0.364 e. The summed E-state index contributed by atoms with van der Waals surface area (Å²) in [5.41, 5.74) is 3.37. The molecule has 2 bridgehead atoms. The Morgan fingerprint density at radius 3 is 2.39 bits per heavy atom. The van der Waals surface area contributed by atoms with Crippen LogP contribution in [0.4, 0.5) is 17.5 Å². The van der Waals surface area contributed by atoms with Crippen LogP contribution in [0.1, 0.15) is 57.4 Å². The molecule has 3 fully saturated rings. The number of anilines is 3. The van der Waals surface area contributed by atoms with Crippen molar-refractivity contribution in [2.24, 2.45) is 0 Å². The summed E-state index contributed by atoms with van der Waals surface area (Å²) in [5, 5.41) is 5.62. The Kier molecular flexibility index (Phi) is 5.31. The number of nitrogens with one attached hydrogen (secondary N) is 1. The van der Waals surface area contributed by atoms with E-state index in [2.05, 4.69) is 61.9 Å². The van der Waals surface area contributed by atoms with E-state index in [1.165, 1.54) is 62.4 Å². The maximum atomic E-state index is 4.98. The van der Waals surface area contributed by atoms with Crippen LogP contribution in [0.25, 0.3) is 21.9 Å². The van der Waals surface area contributed by atoms with Crippen LogP contribution in [0.15, 0.2) is 43.0 Å². The lowest BCUT2D eigenvalue weighted by Gasteiger charge is -2.42. The molecule has 1 N–H and O–H groups in total. The van der Waals surface area contributed by atoms with Crippen molar-refractivity contribution >= 4 is 39.4 Å². The highest BCUT2D eigenvalue weighted by atomic mass is 15.3. The highest BCUT2D eigenvalue weighted by Gasteiger charge is 2.41. The Bertz CT molecular complexity index is 1370. The summed E-state index contributed by atoms with van der Waals surface area (Å²) in [6.07, 6.45) is 17.8. The Morgan fingerprint density at radius 1 is 0.861 bits per heavy atom. The van der Waals surface area contributed by atoms with Gasteiger partial charge in [-0.05, 0) is 70.8 Å². The number of rotatable bonds is 5. The maximum absolute atomic E-state index is 4.98. The van der Waals surface area contributed by atoms with Gasteiger partial charge in [-0.2, -0.15) is 4.98 Å². The fourth-order valence-electron chi connectivity index (χ4n) is 6.98. The third-order valence-corrected chi connectivity index (χ3v) is 8.76. The van der Waals surface area contributed by atoms with Crippen molar-refractivity contribution in [2.75, 3.05) is 24.3 Å². The number of nitrogens with zero attached hydrogens (tertiary/aromatic N) is 7. The topological polar surface area (TPSA) is 75.0 Å². The molecule has 1 saturated carbocycles. The first-order chi connectivity index (χ1) is 17.7. The van der Waals surface area contributed by atoms with Crippen LogP contribution >= 0.6 is 0 Å². The monoisotopic (exact) mass is 482 g/mol. The third kappa shape index (κ3) is 3.61. The molecule has 4 aromatic rings. The molecule has 36 heavy (non-hydrogen) atoms. The third-order valence-electron chi connectivity index (χ3n) is 8.76. The van der Waals surface area contributed by atoms with E-state index in [0.29, 0.717) is 30.1 Å². The molecule has 7 rings (SSSR count). The van der Waals surface area contributed by atoms with Gasteiger partial charge >= 0.3 is 0 Å². The fourth-order valence-corrected chi connectivity index (χ4v) is 6.98. The van der Waals surface area contributed by atoms with Crippen LogP contribution in [-0.4, -0.2) is 61.6 Å². The first kappa shape index (κ1) is 22.0. The Morgan fingerprint density at radius 2 is 1.67 bits per heavy atom. The van der Waals surface area contributed by atoms with E-state index in [1.54, 1.807) is 0 Å². The van der Waals surface area contributed by atoms with Gasteiger partial charge in [0.2, 0.25) is 5.95 Å². The molecule has 8 heteroatoms. The van der Waals surface area contributed by atoms with Crippen LogP contribution in [-0.2, 0) is 0 Å². The molecule has 8 nitrogen and oxygen atoms in total. The number of fused-ring (bicyclic) bond motifs is 5. The van der Waals surface area contributed by atoms with Crippen molar-refractivity contribution in [1.29, 1.82) is 0 Å². The second-order valence-electron chi connectivity index (χ2n) is 11.0. The van der Waals surface area contributed by atoms with E-state index in [0.717, 1.165) is 22.4 Å². The van der Waals surface area contributed by atoms with Crippen molar-refractivity contribution < 1.29 is 0 Å². The Hall–Kier alpha value is -3.26. The molecule has 3 aliphatic rings. The van der Waals surface area contributed by atoms with Crippen LogP contribution in [0.2, 0.25) is 0 Å². The summed E-state index contributed by atoms with van der Waals surface area (Å²) >= 11 is 0. The summed E-state index contributed by atoms with van der Waals surface area (Å²) in [6, 6.07) is 8.75. The summed E-state index contributed by atoms with van der Waals surface area (Å²) in [5.74, 6) is 1.36. The van der Waals surface area contributed by atoms with Gasteiger partial charge in [0.15, 0.2) is 0 Å². The number of piperidine rings is 1. The predicted molar refractivity (Wildman–Crippen MR) is 144 cm³/mol. The quantitative estimate of drug-likeness (QED) is 0.414. The minimum Gasteiger partial charge on any atom is -0.364 e. The zero-order valence-electron chi connectivity index (χ0n) is 21.1. The summed E-state index contributed by atoms with van der Waals surface area (Å²) in [7, 11) is 4.43. The maximum Gasteiger partial charge on any atom is 0.230 e. The minimum absolute atomic E-state index is 0.473. The Balaban J connectivity index is 1.16. The molecule has 2 saturated heterocycles. The minimum atomic E-state index is 0.473. The van der Waals surface area contributed by atoms with Crippen molar-refractivity contribution in [1.82, 2.24) is 29.4 Å². The van der Waals surface area contributed by atoms with Crippen molar-refractivity contribution in [2.45, 2.75) is 75.5 Å². The van der Waals surface area contributed by atoms with Gasteiger partial charge in [0.25, 0.3) is 0 Å². The van der Waals surface area contributed by atoms with Gasteiger partial charge < -0.3 is 19.7 Å². The molecule has 2 atom stereocenters. The highest BCUT2D eigenvalue weighted by Crippen LogP contribution is 2.41. The number of pyridine rings is 2. The lowest BCUT2D eigenvalue weighted by atomic mass is 9.96. The van der Waals surface area contributed by atoms with Crippen molar-refractivity contribution in [3.8, 4) is 0 Å². The van der Waals surface area contributed by atoms with E-state index in [4.69, 9.17) is 9.97 Å². The number of hydrogen-bond acceptors (Lipinski definition) is 7. The van der Waals surface area contributed by atoms with E-state index in [-0.39, 0.29) is 0 Å². The SMILES string of the molecule is CN(C)C1CC2CCC(C1)N2c1ccc(Nc2ncc3c4ccncc4n(C4CCCC4)c3n2)nc1. The lowest BCUT2D eigenvalue weighted by Crippen LogP contribution is -2.48. The molecular formula is C28H34N8. The lowest BCUT2D eigenvalue weighted by molar-refractivity contribution is 0.222. The molecule has 2 unspecified atom stereocenters. The molecule has 0 radical (unpaired) electrons. The van der Waals surface area contributed by atoms with Gasteiger partial charge in [0, 0.05) is 47.3 Å². The summed E-state index contributed by atoms with van der Waals surface area (Å²) in [6.45, 7) is 0. The van der Waals surface area contributed by atoms with Crippen molar-refractivity contribution in [3.63, 3.8) is 0 Å². The molecular weight excluding hydrogens is 448 g/mol. The van der Waals surface area contributed by atoms with E-state index < -0.39 is 0 Å². The molecule has 4 aromatic heterocycles. The zero-order chi connectivity index (χ0) is 24.2. The van der Waals surface area contributed by atoms with E-state index in [9.17, 15) is 0 Å². The first-order valence-corrected chi connectivity index (χ1v) is 13.4. The second kappa shape index (κ2) is 8.69. The molecule has 186 valence electrons. The normalized spacial score (nSPS) is 24.4. The number of hydrogen-bond donors (Lipinski definition) is 1. The summed E-state index contributed by atoms with van der Waals surface area (Å²) < 4.78 is 2.39. The standard InChI is InChI=1S/C28H34N8/c1-34(2)22-13-19-7-8-20(14-22)35(19)21-9-10-26(30-15-21)32-28-31-16-24-23-11-12-29-17-25(23)36(27(24)33-28)18-5-3-4-6-18/h9-12,15-20,22H,3-8,13-14H2,1-2H3,(H,30,31,32,33). The highest BCUT2D eigenvalue weighted by molar-refractivity contribution is 6.06. The van der Waals surface area contributed by atoms with Gasteiger partial charge in [-0.3, -0.25) is 4.98 Å². The molecule has 1 aliphatic carbocycles. The van der Waals surface area contributed by atoms with E-state index >= 15 is 0 Å². The van der Waals surface area contributed by atoms with Gasteiger partial charge in [0.05, 0.1) is 23.6 Å².